The van der Waals surface area contributed by atoms with Crippen molar-refractivity contribution in [2.24, 2.45) is 11.1 Å². The van der Waals surface area contributed by atoms with Crippen LogP contribution in [0.1, 0.15) is 46.5 Å². The van der Waals surface area contributed by atoms with E-state index in [2.05, 4.69) is 20.8 Å². The number of hydrogen-bond acceptors (Lipinski definition) is 2. The molecule has 0 spiro atoms. The van der Waals surface area contributed by atoms with Gasteiger partial charge in [0.15, 0.2) is 0 Å². The quantitative estimate of drug-likeness (QED) is 0.508. The molecule has 0 unspecified atom stereocenters. The zero-order valence-electron chi connectivity index (χ0n) is 9.52. The average Bonchev–Trinajstić information content (AvgIpc) is 2.82. The molecule has 3 nitrogen and oxygen atoms in total. The second-order valence-electron chi connectivity index (χ2n) is 5.10. The van der Waals surface area contributed by atoms with Gasteiger partial charge in [-0.2, -0.15) is 0 Å². The van der Waals surface area contributed by atoms with Crippen molar-refractivity contribution in [3.05, 3.63) is 0 Å². The van der Waals surface area contributed by atoms with Crippen LogP contribution in [-0.4, -0.2) is 18.0 Å². The van der Waals surface area contributed by atoms with Crippen molar-refractivity contribution in [1.29, 1.82) is 5.41 Å². The second kappa shape index (κ2) is 3.89. The van der Waals surface area contributed by atoms with E-state index in [-0.39, 0.29) is 11.0 Å². The van der Waals surface area contributed by atoms with Crippen molar-refractivity contribution in [2.45, 2.75) is 52.1 Å². The molecular formula is C11H22N2O. The summed E-state index contributed by atoms with van der Waals surface area (Å²) in [5.41, 5.74) is 5.59. The second-order valence-corrected chi connectivity index (χ2v) is 5.10. The van der Waals surface area contributed by atoms with E-state index in [9.17, 15) is 0 Å². The number of hydrogen-bond donors (Lipinski definition) is 2. The minimum atomic E-state index is -0.0353. The topological polar surface area (TPSA) is 59.1 Å². The van der Waals surface area contributed by atoms with Crippen molar-refractivity contribution >= 4 is 5.84 Å². The zero-order chi connectivity index (χ0) is 10.8. The molecule has 1 fully saturated rings. The van der Waals surface area contributed by atoms with E-state index in [4.69, 9.17) is 15.9 Å². The maximum Gasteiger partial charge on any atom is 0.0911 e. The normalized spacial score (nSPS) is 19.4. The van der Waals surface area contributed by atoms with Crippen LogP contribution in [0.5, 0.6) is 0 Å². The van der Waals surface area contributed by atoms with Crippen LogP contribution >= 0.6 is 0 Å². The van der Waals surface area contributed by atoms with Crippen LogP contribution in [0, 0.1) is 10.8 Å². The molecule has 0 radical (unpaired) electrons. The molecule has 0 aromatic carbocycles. The van der Waals surface area contributed by atoms with Crippen LogP contribution < -0.4 is 5.73 Å². The Morgan fingerprint density at radius 2 is 2.07 bits per heavy atom. The molecule has 3 heteroatoms. The Morgan fingerprint density at radius 3 is 2.43 bits per heavy atom. The Kier molecular flexibility index (Phi) is 3.20. The first-order chi connectivity index (χ1) is 6.39. The Morgan fingerprint density at radius 1 is 1.50 bits per heavy atom. The Labute approximate surface area is 86.5 Å². The lowest BCUT2D eigenvalue weighted by molar-refractivity contribution is -0.0418. The zero-order valence-corrected chi connectivity index (χ0v) is 9.52. The molecule has 0 bridgehead atoms. The number of amidine groups is 1. The van der Waals surface area contributed by atoms with E-state index >= 15 is 0 Å². The van der Waals surface area contributed by atoms with Gasteiger partial charge in [0.05, 0.1) is 18.0 Å². The molecule has 14 heavy (non-hydrogen) atoms. The summed E-state index contributed by atoms with van der Waals surface area (Å²) in [7, 11) is 0. The summed E-state index contributed by atoms with van der Waals surface area (Å²) in [6.07, 6.45) is 4.04. The third kappa shape index (κ3) is 3.29. The molecule has 0 saturated heterocycles. The minimum absolute atomic E-state index is 0.0353. The maximum atomic E-state index is 7.29. The van der Waals surface area contributed by atoms with Gasteiger partial charge >= 0.3 is 0 Å². The maximum absolute atomic E-state index is 7.29. The average molecular weight is 198 g/mol. The summed E-state index contributed by atoms with van der Waals surface area (Å²) in [4.78, 5) is 0. The fourth-order valence-electron chi connectivity index (χ4n) is 1.40. The molecule has 1 rings (SSSR count). The number of nitrogens with two attached hydrogens (primary N) is 1. The summed E-state index contributed by atoms with van der Waals surface area (Å²) in [6.45, 7) is 7.10. The molecule has 0 heterocycles. The SMILES string of the molecule is CCC(C)(C)OCC1(CC(=N)N)CC1. The predicted molar refractivity (Wildman–Crippen MR) is 58.5 cm³/mol. The third-order valence-electron chi connectivity index (χ3n) is 3.14. The Balaban J connectivity index is 2.34. The largest absolute Gasteiger partial charge is 0.388 e. The predicted octanol–water partition coefficient (Wildman–Crippen LogP) is 2.30. The van der Waals surface area contributed by atoms with Gasteiger partial charge in [-0.15, -0.1) is 0 Å². The highest BCUT2D eigenvalue weighted by Crippen LogP contribution is 2.49. The van der Waals surface area contributed by atoms with E-state index in [1.54, 1.807) is 0 Å². The number of ether oxygens (including phenoxy) is 1. The Bertz CT molecular complexity index is 219. The van der Waals surface area contributed by atoms with Crippen LogP contribution in [0.15, 0.2) is 0 Å². The molecule has 3 N–H and O–H groups in total. The Hall–Kier alpha value is -0.570. The highest BCUT2D eigenvalue weighted by molar-refractivity contribution is 5.78. The van der Waals surface area contributed by atoms with Crippen LogP contribution in [0.25, 0.3) is 0 Å². The summed E-state index contributed by atoms with van der Waals surface area (Å²) in [5.74, 6) is 0.292. The van der Waals surface area contributed by atoms with Gasteiger partial charge in [-0.1, -0.05) is 6.92 Å². The summed E-state index contributed by atoms with van der Waals surface area (Å²) in [5, 5.41) is 7.29. The smallest absolute Gasteiger partial charge is 0.0911 e. The monoisotopic (exact) mass is 198 g/mol. The first-order valence-electron chi connectivity index (χ1n) is 5.36. The lowest BCUT2D eigenvalue weighted by Gasteiger charge is -2.26. The van der Waals surface area contributed by atoms with E-state index in [0.29, 0.717) is 12.3 Å². The fraction of sp³-hybridized carbons (Fsp3) is 0.909. The van der Waals surface area contributed by atoms with E-state index in [1.807, 2.05) is 0 Å². The molecule has 0 aromatic rings. The third-order valence-corrected chi connectivity index (χ3v) is 3.14. The molecule has 0 amide bonds. The molecule has 82 valence electrons. The van der Waals surface area contributed by atoms with Crippen LogP contribution in [0.4, 0.5) is 0 Å². The highest BCUT2D eigenvalue weighted by atomic mass is 16.5. The van der Waals surface area contributed by atoms with Crippen molar-refractivity contribution < 1.29 is 4.74 Å². The van der Waals surface area contributed by atoms with Crippen molar-refractivity contribution in [1.82, 2.24) is 0 Å². The first kappa shape index (κ1) is 11.5. The molecule has 0 aliphatic heterocycles. The molecule has 1 saturated carbocycles. The lowest BCUT2D eigenvalue weighted by atomic mass is 10.0. The molecule has 1 aliphatic rings. The van der Waals surface area contributed by atoms with Gasteiger partial charge in [0.1, 0.15) is 0 Å². The minimum Gasteiger partial charge on any atom is -0.388 e. The highest BCUT2D eigenvalue weighted by Gasteiger charge is 2.44. The van der Waals surface area contributed by atoms with Crippen molar-refractivity contribution in [2.75, 3.05) is 6.61 Å². The standard InChI is InChI=1S/C11H22N2O/c1-4-10(2,3)14-8-11(5-6-11)7-9(12)13/h4-8H2,1-3H3,(H3,12,13). The summed E-state index contributed by atoms with van der Waals surface area (Å²) in [6, 6.07) is 0. The number of rotatable bonds is 6. The molecule has 0 aromatic heterocycles. The first-order valence-corrected chi connectivity index (χ1v) is 5.36. The van der Waals surface area contributed by atoms with E-state index in [1.165, 1.54) is 0 Å². The van der Waals surface area contributed by atoms with E-state index < -0.39 is 0 Å². The van der Waals surface area contributed by atoms with Crippen LogP contribution in [0.3, 0.4) is 0 Å². The van der Waals surface area contributed by atoms with Gasteiger partial charge in [0.2, 0.25) is 0 Å². The van der Waals surface area contributed by atoms with Crippen molar-refractivity contribution in [3.63, 3.8) is 0 Å². The van der Waals surface area contributed by atoms with Crippen molar-refractivity contribution in [3.8, 4) is 0 Å². The van der Waals surface area contributed by atoms with Gasteiger partial charge in [0, 0.05) is 11.8 Å². The van der Waals surface area contributed by atoms with Gasteiger partial charge in [-0.25, -0.2) is 0 Å². The van der Waals surface area contributed by atoms with Gasteiger partial charge < -0.3 is 10.5 Å². The van der Waals surface area contributed by atoms with Crippen LogP contribution in [0.2, 0.25) is 0 Å². The molecular weight excluding hydrogens is 176 g/mol. The van der Waals surface area contributed by atoms with Gasteiger partial charge in [-0.05, 0) is 33.1 Å². The molecule has 0 atom stereocenters. The molecule has 1 aliphatic carbocycles. The lowest BCUT2D eigenvalue weighted by Crippen LogP contribution is -2.29. The van der Waals surface area contributed by atoms with Gasteiger partial charge in [0.25, 0.3) is 0 Å². The summed E-state index contributed by atoms with van der Waals surface area (Å²) < 4.78 is 5.85. The fourth-order valence-corrected chi connectivity index (χ4v) is 1.40. The van der Waals surface area contributed by atoms with Crippen LogP contribution in [-0.2, 0) is 4.74 Å². The summed E-state index contributed by atoms with van der Waals surface area (Å²) >= 11 is 0. The number of nitrogens with one attached hydrogen (secondary N) is 1. The van der Waals surface area contributed by atoms with E-state index in [0.717, 1.165) is 25.9 Å². The van der Waals surface area contributed by atoms with Gasteiger partial charge in [-0.3, -0.25) is 5.41 Å².